The van der Waals surface area contributed by atoms with Crippen LogP contribution in [0.1, 0.15) is 34.3 Å². The van der Waals surface area contributed by atoms with Gasteiger partial charge >= 0.3 is 5.97 Å². The molecular formula is C47H48Cl2FN7O7S. The summed E-state index contributed by atoms with van der Waals surface area (Å²) in [5.41, 5.74) is 4.42. The van der Waals surface area contributed by atoms with Crippen LogP contribution in [-0.2, 0) is 22.6 Å². The highest BCUT2D eigenvalue weighted by Gasteiger charge is 2.32. The molecule has 340 valence electrons. The van der Waals surface area contributed by atoms with E-state index in [1.54, 1.807) is 42.6 Å². The summed E-state index contributed by atoms with van der Waals surface area (Å²) in [6.07, 6.45) is 0.618. The fourth-order valence-electron chi connectivity index (χ4n) is 8.45. The SMILES string of the molecule is Cc1c(Cl)c2c(Cl)c(C)c1-c1c(-c3ccc(F)cc3)sc3ncnc(c13)O[C@@H](C(=O)O)Cc1cc(ccc1OCc1ccnc([C@H]3CN(C)CCO3)n1)OC[C@@H](CN1CCN(C)CC1)O2. The monoisotopic (exact) mass is 943 g/mol. The molecule has 10 rings (SSSR count). The number of benzene rings is 3. The fourth-order valence-corrected chi connectivity index (χ4v) is 10.1. The number of morpholine rings is 1. The molecule has 7 heterocycles. The van der Waals surface area contributed by atoms with E-state index < -0.39 is 24.0 Å². The number of piperazine rings is 1. The third-order valence-electron chi connectivity index (χ3n) is 12.0. The van der Waals surface area contributed by atoms with Crippen molar-refractivity contribution in [2.75, 3.05) is 73.1 Å². The second-order valence-electron chi connectivity index (χ2n) is 16.6. The number of nitrogens with zero attached hydrogens (tertiary/aromatic N) is 7. The lowest BCUT2D eigenvalue weighted by Crippen LogP contribution is -2.49. The molecule has 3 aromatic heterocycles. The molecule has 0 unspecified atom stereocenters. The zero-order valence-electron chi connectivity index (χ0n) is 36.4. The summed E-state index contributed by atoms with van der Waals surface area (Å²) >= 11 is 16.0. The minimum absolute atomic E-state index is 0.0314. The summed E-state index contributed by atoms with van der Waals surface area (Å²) in [4.78, 5) is 39.7. The van der Waals surface area contributed by atoms with Gasteiger partial charge in [0.25, 0.3) is 0 Å². The largest absolute Gasteiger partial charge is 0.490 e. The van der Waals surface area contributed by atoms with Crippen LogP contribution < -0.4 is 18.9 Å². The average molecular weight is 945 g/mol. The predicted octanol–water partition coefficient (Wildman–Crippen LogP) is 7.92. The molecule has 0 radical (unpaired) electrons. The second-order valence-corrected chi connectivity index (χ2v) is 18.4. The first-order chi connectivity index (χ1) is 31.4. The quantitative estimate of drug-likeness (QED) is 0.158. The van der Waals surface area contributed by atoms with Crippen molar-refractivity contribution in [3.05, 3.63) is 105 Å². The van der Waals surface area contributed by atoms with Crippen LogP contribution in [0.25, 0.3) is 31.8 Å². The molecule has 0 saturated carbocycles. The van der Waals surface area contributed by atoms with Crippen molar-refractivity contribution >= 4 is 50.7 Å². The number of carbonyl (C=O) groups is 1. The lowest BCUT2D eigenvalue weighted by atomic mass is 9.92. The first-order valence-corrected chi connectivity index (χ1v) is 23.0. The Hall–Kier alpha value is -5.20. The Kier molecular flexibility index (Phi) is 13.4. The van der Waals surface area contributed by atoms with Crippen LogP contribution in [0.15, 0.2) is 61.1 Å². The van der Waals surface area contributed by atoms with Crippen molar-refractivity contribution in [2.45, 2.75) is 45.2 Å². The van der Waals surface area contributed by atoms with Gasteiger partial charge in [-0.1, -0.05) is 35.3 Å². The molecule has 2 saturated heterocycles. The van der Waals surface area contributed by atoms with Crippen LogP contribution in [0.3, 0.4) is 0 Å². The summed E-state index contributed by atoms with van der Waals surface area (Å²) < 4.78 is 46.6. The molecule has 18 heteroatoms. The maximum absolute atomic E-state index is 14.4. The van der Waals surface area contributed by atoms with E-state index in [4.69, 9.17) is 51.9 Å². The van der Waals surface area contributed by atoms with Gasteiger partial charge in [0.05, 0.1) is 27.7 Å². The third-order valence-corrected chi connectivity index (χ3v) is 14.1. The van der Waals surface area contributed by atoms with Crippen LogP contribution in [0, 0.1) is 19.7 Å². The van der Waals surface area contributed by atoms with E-state index in [0.29, 0.717) is 107 Å². The Morgan fingerprint density at radius 1 is 0.938 bits per heavy atom. The van der Waals surface area contributed by atoms with Gasteiger partial charge in [0.1, 0.15) is 53.9 Å². The van der Waals surface area contributed by atoms with Gasteiger partial charge < -0.3 is 38.6 Å². The molecule has 6 aromatic rings. The summed E-state index contributed by atoms with van der Waals surface area (Å²) in [5, 5.41) is 11.9. The molecule has 0 aliphatic carbocycles. The predicted molar refractivity (Wildman–Crippen MR) is 246 cm³/mol. The molecular weight excluding hydrogens is 897 g/mol. The summed E-state index contributed by atoms with van der Waals surface area (Å²) in [5.74, 6) is 0.159. The van der Waals surface area contributed by atoms with Crippen LogP contribution in [-0.4, -0.2) is 131 Å². The van der Waals surface area contributed by atoms with Crippen molar-refractivity contribution < 1.29 is 38.0 Å². The number of fused-ring (bicyclic) bond motifs is 7. The Morgan fingerprint density at radius 3 is 2.45 bits per heavy atom. The van der Waals surface area contributed by atoms with Crippen molar-refractivity contribution in [2.24, 2.45) is 0 Å². The summed E-state index contributed by atoms with van der Waals surface area (Å²) in [6.45, 7) is 10.0. The van der Waals surface area contributed by atoms with Crippen molar-refractivity contribution in [3.8, 4) is 44.7 Å². The maximum atomic E-state index is 14.4. The number of hydrogen-bond donors (Lipinski definition) is 1. The molecule has 3 aromatic carbocycles. The maximum Gasteiger partial charge on any atom is 0.345 e. The van der Waals surface area contributed by atoms with Gasteiger partial charge in [-0.25, -0.2) is 29.1 Å². The van der Waals surface area contributed by atoms with Crippen LogP contribution in [0.5, 0.6) is 23.1 Å². The molecule has 4 aliphatic rings. The third kappa shape index (κ3) is 9.71. The standard InChI is InChI=1S/C47H48Cl2FN7O7S/c1-26-37-27(2)41(49)42(40(26)48)63-33(21-57-15-13-55(3)14-16-57)24-61-32-9-10-34(62-23-31-11-12-51-44(54-31)36-22-56(4)17-18-60-36)29(19-32)20-35(47(58)59)64-45-39-38(37)43(65-46(39)53-25-52-45)28-5-7-30(50)8-6-28/h5-12,19,25,33,35-36H,13-18,20-24H2,1-4H3,(H,58,59)/t33-,35-,36-/m1/s1. The van der Waals surface area contributed by atoms with Crippen molar-refractivity contribution in [3.63, 3.8) is 0 Å². The summed E-state index contributed by atoms with van der Waals surface area (Å²) in [7, 11) is 4.14. The van der Waals surface area contributed by atoms with E-state index in [1.165, 1.54) is 29.8 Å². The molecule has 3 atom stereocenters. The number of carboxylic acid groups (broad SMARTS) is 1. The normalized spacial score (nSPS) is 19.9. The van der Waals surface area contributed by atoms with E-state index in [2.05, 4.69) is 36.7 Å². The first-order valence-electron chi connectivity index (χ1n) is 21.4. The zero-order valence-corrected chi connectivity index (χ0v) is 38.7. The molecule has 4 bridgehead atoms. The van der Waals surface area contributed by atoms with Gasteiger partial charge in [-0.05, 0) is 86.6 Å². The highest BCUT2D eigenvalue weighted by molar-refractivity contribution is 7.22. The molecule has 14 nitrogen and oxygen atoms in total. The number of carboxylic acids is 1. The topological polar surface area (TPSA) is 145 Å². The number of thiophene rings is 1. The molecule has 0 spiro atoms. The van der Waals surface area contributed by atoms with E-state index in [-0.39, 0.29) is 31.6 Å². The van der Waals surface area contributed by atoms with Gasteiger partial charge in [-0.3, -0.25) is 4.90 Å². The van der Waals surface area contributed by atoms with E-state index in [9.17, 15) is 14.3 Å². The van der Waals surface area contributed by atoms with Crippen LogP contribution in [0.4, 0.5) is 4.39 Å². The Morgan fingerprint density at radius 2 is 1.71 bits per heavy atom. The average Bonchev–Trinajstić information content (AvgIpc) is 3.69. The van der Waals surface area contributed by atoms with Crippen LogP contribution in [0.2, 0.25) is 10.0 Å². The molecule has 4 aliphatic heterocycles. The van der Waals surface area contributed by atoms with Gasteiger partial charge in [0, 0.05) is 74.4 Å². The lowest BCUT2D eigenvalue weighted by Gasteiger charge is -2.35. The number of hydrogen-bond acceptors (Lipinski definition) is 14. The Labute approximate surface area is 389 Å². The number of likely N-dealkylation sites (N-methyl/N-ethyl adjacent to an activating group) is 2. The second kappa shape index (κ2) is 19.3. The molecule has 65 heavy (non-hydrogen) atoms. The Balaban J connectivity index is 1.16. The van der Waals surface area contributed by atoms with E-state index in [1.807, 2.05) is 20.9 Å². The number of halogens is 3. The zero-order chi connectivity index (χ0) is 45.4. The van der Waals surface area contributed by atoms with Gasteiger partial charge in [0.15, 0.2) is 11.6 Å². The smallest absolute Gasteiger partial charge is 0.345 e. The number of ether oxygens (including phenoxy) is 5. The fraction of sp³-hybridized carbons (Fsp3) is 0.383. The number of rotatable bonds is 8. The number of aliphatic carboxylic acids is 1. The summed E-state index contributed by atoms with van der Waals surface area (Å²) in [6, 6.07) is 13.2. The minimum Gasteiger partial charge on any atom is -0.490 e. The molecule has 0 amide bonds. The molecule has 2 fully saturated rings. The van der Waals surface area contributed by atoms with Gasteiger partial charge in [-0.2, -0.15) is 0 Å². The number of aromatic nitrogens is 4. The van der Waals surface area contributed by atoms with Gasteiger partial charge in [0.2, 0.25) is 12.0 Å². The van der Waals surface area contributed by atoms with E-state index >= 15 is 0 Å². The first kappa shape index (κ1) is 45.0. The highest BCUT2D eigenvalue weighted by Crippen LogP contribution is 2.53. The lowest BCUT2D eigenvalue weighted by molar-refractivity contribution is -0.145. The van der Waals surface area contributed by atoms with Crippen molar-refractivity contribution in [1.82, 2.24) is 34.6 Å². The minimum atomic E-state index is -1.46. The van der Waals surface area contributed by atoms with Crippen molar-refractivity contribution in [1.29, 1.82) is 0 Å². The molecule has 1 N–H and O–H groups in total. The Bertz CT molecular complexity index is 2690. The highest BCUT2D eigenvalue weighted by atomic mass is 35.5. The van der Waals surface area contributed by atoms with E-state index in [0.717, 1.165) is 32.7 Å². The van der Waals surface area contributed by atoms with Crippen LogP contribution >= 0.6 is 34.5 Å². The van der Waals surface area contributed by atoms with Gasteiger partial charge in [-0.15, -0.1) is 11.3 Å².